The van der Waals surface area contributed by atoms with E-state index >= 15 is 0 Å². The van der Waals surface area contributed by atoms with Gasteiger partial charge in [0.15, 0.2) is 5.13 Å². The van der Waals surface area contributed by atoms with Crippen LogP contribution in [0.15, 0.2) is 0 Å². The highest BCUT2D eigenvalue weighted by Gasteiger charge is 2.16. The SMILES string of the molecule is Cc1nc(N(C)C)sc1C(F)CN. The smallest absolute Gasteiger partial charge is 0.185 e. The predicted molar refractivity (Wildman–Crippen MR) is 54.1 cm³/mol. The number of hydrogen-bond acceptors (Lipinski definition) is 4. The highest BCUT2D eigenvalue weighted by Crippen LogP contribution is 2.30. The summed E-state index contributed by atoms with van der Waals surface area (Å²) in [4.78, 5) is 6.74. The summed E-state index contributed by atoms with van der Waals surface area (Å²) in [5.74, 6) is 0. The first-order valence-electron chi connectivity index (χ1n) is 4.05. The fraction of sp³-hybridized carbons (Fsp3) is 0.625. The van der Waals surface area contributed by atoms with Crippen LogP contribution in [-0.2, 0) is 0 Å². The van der Waals surface area contributed by atoms with Gasteiger partial charge in [0.2, 0.25) is 0 Å². The fourth-order valence-corrected chi connectivity index (χ4v) is 1.96. The van der Waals surface area contributed by atoms with Crippen LogP contribution in [0, 0.1) is 6.92 Å². The summed E-state index contributed by atoms with van der Waals surface area (Å²) in [6, 6.07) is 0. The predicted octanol–water partition coefficient (Wildman–Crippen LogP) is 1.49. The average molecular weight is 203 g/mol. The van der Waals surface area contributed by atoms with Crippen molar-refractivity contribution in [2.24, 2.45) is 5.73 Å². The van der Waals surface area contributed by atoms with E-state index in [-0.39, 0.29) is 6.54 Å². The number of rotatable bonds is 3. The summed E-state index contributed by atoms with van der Waals surface area (Å²) >= 11 is 1.36. The van der Waals surface area contributed by atoms with Crippen molar-refractivity contribution < 1.29 is 4.39 Å². The lowest BCUT2D eigenvalue weighted by Crippen LogP contribution is -2.07. The van der Waals surface area contributed by atoms with Crippen LogP contribution in [0.4, 0.5) is 9.52 Å². The standard InChI is InChI=1S/C8H14FN3S/c1-5-7(6(9)4-10)13-8(11-5)12(2)3/h6H,4,10H2,1-3H3. The molecule has 0 aromatic carbocycles. The van der Waals surface area contributed by atoms with Gasteiger partial charge in [0.1, 0.15) is 6.17 Å². The molecule has 1 atom stereocenters. The third-order valence-corrected chi connectivity index (χ3v) is 3.11. The summed E-state index contributed by atoms with van der Waals surface area (Å²) in [5.41, 5.74) is 5.99. The van der Waals surface area contributed by atoms with Crippen molar-refractivity contribution in [2.75, 3.05) is 25.5 Å². The molecule has 0 bridgehead atoms. The van der Waals surface area contributed by atoms with Gasteiger partial charge in [-0.2, -0.15) is 0 Å². The quantitative estimate of drug-likeness (QED) is 0.809. The average Bonchev–Trinajstić information content (AvgIpc) is 2.46. The van der Waals surface area contributed by atoms with Crippen LogP contribution in [0.2, 0.25) is 0 Å². The van der Waals surface area contributed by atoms with E-state index in [1.54, 1.807) is 6.92 Å². The number of nitrogens with zero attached hydrogens (tertiary/aromatic N) is 2. The van der Waals surface area contributed by atoms with Gasteiger partial charge >= 0.3 is 0 Å². The van der Waals surface area contributed by atoms with E-state index in [2.05, 4.69) is 4.98 Å². The van der Waals surface area contributed by atoms with Crippen LogP contribution in [0.25, 0.3) is 0 Å². The van der Waals surface area contributed by atoms with Crippen LogP contribution in [-0.4, -0.2) is 25.6 Å². The zero-order valence-corrected chi connectivity index (χ0v) is 8.86. The van der Waals surface area contributed by atoms with E-state index in [0.717, 1.165) is 10.8 Å². The van der Waals surface area contributed by atoms with Gasteiger partial charge in [0, 0.05) is 20.6 Å². The number of aryl methyl sites for hydroxylation is 1. The summed E-state index contributed by atoms with van der Waals surface area (Å²) in [6.07, 6.45) is -1.08. The van der Waals surface area contributed by atoms with E-state index < -0.39 is 6.17 Å². The molecule has 0 spiro atoms. The summed E-state index contributed by atoms with van der Waals surface area (Å²) < 4.78 is 13.2. The number of hydrogen-bond donors (Lipinski definition) is 1. The fourth-order valence-electron chi connectivity index (χ4n) is 0.983. The number of aromatic nitrogens is 1. The maximum Gasteiger partial charge on any atom is 0.185 e. The second-order valence-electron chi connectivity index (χ2n) is 3.04. The Morgan fingerprint density at radius 3 is 2.62 bits per heavy atom. The van der Waals surface area contributed by atoms with Crippen LogP contribution in [0.1, 0.15) is 16.7 Å². The second kappa shape index (κ2) is 4.02. The maximum absolute atomic E-state index is 13.2. The molecule has 0 amide bonds. The third-order valence-electron chi connectivity index (χ3n) is 1.70. The maximum atomic E-state index is 13.2. The molecule has 13 heavy (non-hydrogen) atoms. The van der Waals surface area contributed by atoms with E-state index in [1.807, 2.05) is 19.0 Å². The molecule has 74 valence electrons. The Morgan fingerprint density at radius 2 is 2.23 bits per heavy atom. The van der Waals surface area contributed by atoms with Gasteiger partial charge in [-0.15, -0.1) is 0 Å². The minimum atomic E-state index is -1.08. The highest BCUT2D eigenvalue weighted by atomic mass is 32.1. The highest BCUT2D eigenvalue weighted by molar-refractivity contribution is 7.15. The Hall–Kier alpha value is -0.680. The Balaban J connectivity index is 2.96. The third kappa shape index (κ3) is 2.16. The van der Waals surface area contributed by atoms with Crippen molar-refractivity contribution in [3.8, 4) is 0 Å². The Bertz CT molecular complexity index is 285. The molecule has 1 rings (SSSR count). The molecule has 0 saturated heterocycles. The first-order valence-corrected chi connectivity index (χ1v) is 4.86. The second-order valence-corrected chi connectivity index (χ2v) is 4.05. The van der Waals surface area contributed by atoms with Crippen molar-refractivity contribution in [2.45, 2.75) is 13.1 Å². The van der Waals surface area contributed by atoms with Crippen LogP contribution in [0.3, 0.4) is 0 Å². The van der Waals surface area contributed by atoms with Crippen LogP contribution >= 0.6 is 11.3 Å². The van der Waals surface area contributed by atoms with E-state index in [0.29, 0.717) is 4.88 Å². The van der Waals surface area contributed by atoms with Crippen LogP contribution < -0.4 is 10.6 Å². The van der Waals surface area contributed by atoms with Crippen molar-refractivity contribution in [3.63, 3.8) is 0 Å². The van der Waals surface area contributed by atoms with Crippen molar-refractivity contribution in [1.82, 2.24) is 4.98 Å². The lowest BCUT2D eigenvalue weighted by molar-refractivity contribution is 0.357. The molecular formula is C8H14FN3S. The minimum Gasteiger partial charge on any atom is -0.354 e. The van der Waals surface area contributed by atoms with Crippen molar-refractivity contribution in [1.29, 1.82) is 0 Å². The van der Waals surface area contributed by atoms with Gasteiger partial charge in [-0.1, -0.05) is 11.3 Å². The van der Waals surface area contributed by atoms with Crippen molar-refractivity contribution in [3.05, 3.63) is 10.6 Å². The van der Waals surface area contributed by atoms with Crippen LogP contribution in [0.5, 0.6) is 0 Å². The molecule has 5 heteroatoms. The number of alkyl halides is 1. The minimum absolute atomic E-state index is 0.0237. The van der Waals surface area contributed by atoms with Gasteiger partial charge in [0.05, 0.1) is 10.6 Å². The molecule has 0 radical (unpaired) electrons. The zero-order chi connectivity index (χ0) is 10.0. The largest absolute Gasteiger partial charge is 0.354 e. The number of halogens is 1. The van der Waals surface area contributed by atoms with Gasteiger partial charge < -0.3 is 10.6 Å². The monoisotopic (exact) mass is 203 g/mol. The molecule has 3 nitrogen and oxygen atoms in total. The first kappa shape index (κ1) is 10.4. The molecule has 1 aromatic rings. The molecule has 2 N–H and O–H groups in total. The lowest BCUT2D eigenvalue weighted by atomic mass is 10.3. The summed E-state index contributed by atoms with van der Waals surface area (Å²) in [7, 11) is 3.77. The molecule has 1 heterocycles. The topological polar surface area (TPSA) is 42.2 Å². The Kier molecular flexibility index (Phi) is 3.22. The summed E-state index contributed by atoms with van der Waals surface area (Å²) in [5, 5.41) is 0.823. The van der Waals surface area contributed by atoms with Gasteiger partial charge in [-0.3, -0.25) is 0 Å². The number of nitrogens with two attached hydrogens (primary N) is 1. The molecule has 0 aliphatic heterocycles. The lowest BCUT2D eigenvalue weighted by Gasteiger charge is -2.05. The molecule has 0 aliphatic carbocycles. The Labute approximate surface area is 81.4 Å². The van der Waals surface area contributed by atoms with E-state index in [1.165, 1.54) is 11.3 Å². The molecule has 1 aromatic heterocycles. The molecule has 1 unspecified atom stereocenters. The first-order chi connectivity index (χ1) is 6.06. The zero-order valence-electron chi connectivity index (χ0n) is 8.04. The van der Waals surface area contributed by atoms with Gasteiger partial charge in [-0.05, 0) is 6.92 Å². The molecular weight excluding hydrogens is 189 g/mol. The van der Waals surface area contributed by atoms with Gasteiger partial charge in [-0.25, -0.2) is 9.37 Å². The molecule has 0 aliphatic rings. The Morgan fingerprint density at radius 1 is 1.62 bits per heavy atom. The number of thiazole rings is 1. The van der Waals surface area contributed by atoms with Crippen molar-refractivity contribution >= 4 is 16.5 Å². The summed E-state index contributed by atoms with van der Waals surface area (Å²) in [6.45, 7) is 1.83. The molecule has 0 saturated carbocycles. The number of anilines is 1. The molecule has 0 fully saturated rings. The van der Waals surface area contributed by atoms with Gasteiger partial charge in [0.25, 0.3) is 0 Å². The van der Waals surface area contributed by atoms with E-state index in [4.69, 9.17) is 5.73 Å². The normalized spacial score (nSPS) is 13.0. The van der Waals surface area contributed by atoms with E-state index in [9.17, 15) is 4.39 Å².